The fourth-order valence-corrected chi connectivity index (χ4v) is 1.81. The van der Waals surface area contributed by atoms with E-state index in [4.69, 9.17) is 9.47 Å². The Morgan fingerprint density at radius 2 is 1.96 bits per heavy atom. The van der Waals surface area contributed by atoms with Crippen molar-refractivity contribution in [1.82, 2.24) is 15.6 Å². The number of amides is 2. The third kappa shape index (κ3) is 8.00. The first-order valence-corrected chi connectivity index (χ1v) is 7.59. The molecule has 0 aromatic carbocycles. The molecule has 9 heteroatoms. The molecule has 1 rings (SSSR count). The van der Waals surface area contributed by atoms with Crippen molar-refractivity contribution < 1.29 is 29.0 Å². The number of rotatable bonds is 7. The van der Waals surface area contributed by atoms with Gasteiger partial charge in [-0.1, -0.05) is 6.07 Å². The van der Waals surface area contributed by atoms with E-state index in [-0.39, 0.29) is 6.42 Å². The van der Waals surface area contributed by atoms with E-state index in [1.807, 2.05) is 0 Å². The highest BCUT2D eigenvalue weighted by atomic mass is 16.6. The van der Waals surface area contributed by atoms with Gasteiger partial charge in [0, 0.05) is 18.2 Å². The Morgan fingerprint density at radius 3 is 2.52 bits per heavy atom. The Morgan fingerprint density at radius 1 is 1.28 bits per heavy atom. The predicted molar refractivity (Wildman–Crippen MR) is 88.3 cm³/mol. The zero-order chi connectivity index (χ0) is 19.0. The monoisotopic (exact) mass is 353 g/mol. The number of aromatic nitrogens is 1. The normalized spacial score (nSPS) is 12.0. The number of hydrogen-bond donors (Lipinski definition) is 3. The van der Waals surface area contributed by atoms with Crippen molar-refractivity contribution >= 4 is 18.0 Å². The molecule has 25 heavy (non-hydrogen) atoms. The van der Waals surface area contributed by atoms with Crippen LogP contribution < -0.4 is 15.4 Å². The summed E-state index contributed by atoms with van der Waals surface area (Å²) in [6.07, 6.45) is -0.783. The molecule has 0 aliphatic carbocycles. The van der Waals surface area contributed by atoms with Gasteiger partial charge in [-0.2, -0.15) is 0 Å². The summed E-state index contributed by atoms with van der Waals surface area (Å²) < 4.78 is 9.97. The van der Waals surface area contributed by atoms with Crippen LogP contribution >= 0.6 is 0 Å². The van der Waals surface area contributed by atoms with Crippen molar-refractivity contribution in [2.75, 3.05) is 13.7 Å². The number of pyridine rings is 1. The van der Waals surface area contributed by atoms with Gasteiger partial charge in [-0.3, -0.25) is 4.79 Å². The van der Waals surface area contributed by atoms with Crippen LogP contribution in [0.5, 0.6) is 5.88 Å². The van der Waals surface area contributed by atoms with E-state index in [1.54, 1.807) is 39.0 Å². The molecule has 0 bridgehead atoms. The average molecular weight is 353 g/mol. The van der Waals surface area contributed by atoms with Crippen LogP contribution in [0.4, 0.5) is 4.79 Å². The molecule has 1 atom stereocenters. The molecule has 0 unspecified atom stereocenters. The molecule has 0 spiro atoms. The second-order valence-corrected chi connectivity index (χ2v) is 6.19. The molecular weight excluding hydrogens is 330 g/mol. The van der Waals surface area contributed by atoms with E-state index in [0.29, 0.717) is 11.6 Å². The van der Waals surface area contributed by atoms with E-state index < -0.39 is 36.2 Å². The van der Waals surface area contributed by atoms with Gasteiger partial charge < -0.3 is 25.2 Å². The van der Waals surface area contributed by atoms with Crippen molar-refractivity contribution in [2.24, 2.45) is 0 Å². The second-order valence-electron chi connectivity index (χ2n) is 6.19. The lowest BCUT2D eigenvalue weighted by atomic mass is 10.1. The molecule has 0 radical (unpaired) electrons. The average Bonchev–Trinajstić information content (AvgIpc) is 2.51. The first kappa shape index (κ1) is 20.2. The maximum atomic E-state index is 11.9. The first-order chi connectivity index (χ1) is 11.6. The lowest BCUT2D eigenvalue weighted by molar-refractivity contribution is -0.141. The number of alkyl carbamates (subject to hydrolysis) is 1. The number of ether oxygens (including phenoxy) is 2. The van der Waals surface area contributed by atoms with E-state index in [1.165, 1.54) is 7.11 Å². The maximum Gasteiger partial charge on any atom is 0.408 e. The van der Waals surface area contributed by atoms with Crippen LogP contribution in [-0.4, -0.2) is 53.4 Å². The van der Waals surface area contributed by atoms with Crippen LogP contribution in [0, 0.1) is 0 Å². The molecule has 9 nitrogen and oxygen atoms in total. The summed E-state index contributed by atoms with van der Waals surface area (Å²) in [6, 6.07) is 3.74. The maximum absolute atomic E-state index is 11.9. The van der Waals surface area contributed by atoms with Crippen molar-refractivity contribution in [3.63, 3.8) is 0 Å². The SMILES string of the molecule is COc1cccc(C[C@H](NC(=O)CNC(=O)OC(C)(C)C)C(=O)O)n1. The van der Waals surface area contributed by atoms with E-state index in [2.05, 4.69) is 15.6 Å². The second kappa shape index (κ2) is 8.86. The van der Waals surface area contributed by atoms with Gasteiger partial charge in [0.05, 0.1) is 7.11 Å². The Hall–Kier alpha value is -2.84. The standard InChI is InChI=1S/C16H23N3O6/c1-16(2,3)25-15(23)17-9-12(20)19-11(14(21)22)8-10-6-5-7-13(18-10)24-4/h5-7,11H,8-9H2,1-4H3,(H,17,23)(H,19,20)(H,21,22)/t11-/m0/s1. The smallest absolute Gasteiger partial charge is 0.408 e. The van der Waals surface area contributed by atoms with Crippen LogP contribution in [0.1, 0.15) is 26.5 Å². The Labute approximate surface area is 145 Å². The van der Waals surface area contributed by atoms with E-state index in [9.17, 15) is 19.5 Å². The number of carboxylic acids is 1. The fourth-order valence-electron chi connectivity index (χ4n) is 1.81. The summed E-state index contributed by atoms with van der Waals surface area (Å²) in [5.41, 5.74) is -0.241. The van der Waals surface area contributed by atoms with Gasteiger partial charge in [-0.05, 0) is 26.8 Å². The molecule has 1 heterocycles. The van der Waals surface area contributed by atoms with Gasteiger partial charge in [0.1, 0.15) is 18.2 Å². The summed E-state index contributed by atoms with van der Waals surface area (Å²) in [5, 5.41) is 13.8. The first-order valence-electron chi connectivity index (χ1n) is 7.59. The number of carbonyl (C=O) groups is 3. The van der Waals surface area contributed by atoms with Gasteiger partial charge in [-0.25, -0.2) is 14.6 Å². The molecule has 3 N–H and O–H groups in total. The van der Waals surface area contributed by atoms with Crippen molar-refractivity contribution in [1.29, 1.82) is 0 Å². The topological polar surface area (TPSA) is 127 Å². The van der Waals surface area contributed by atoms with Crippen LogP contribution in [-0.2, 0) is 20.7 Å². The minimum Gasteiger partial charge on any atom is -0.481 e. The molecule has 138 valence electrons. The lowest BCUT2D eigenvalue weighted by Crippen LogP contribution is -2.47. The summed E-state index contributed by atoms with van der Waals surface area (Å²) in [5.74, 6) is -1.52. The number of nitrogens with zero attached hydrogens (tertiary/aromatic N) is 1. The summed E-state index contributed by atoms with van der Waals surface area (Å²) >= 11 is 0. The number of aliphatic carboxylic acids is 1. The number of carboxylic acid groups (broad SMARTS) is 1. The minimum atomic E-state index is -1.21. The van der Waals surface area contributed by atoms with Crippen molar-refractivity contribution in [3.05, 3.63) is 23.9 Å². The largest absolute Gasteiger partial charge is 0.481 e. The Balaban J connectivity index is 2.58. The molecule has 1 aromatic rings. The van der Waals surface area contributed by atoms with Gasteiger partial charge in [-0.15, -0.1) is 0 Å². The fraction of sp³-hybridized carbons (Fsp3) is 0.500. The number of hydrogen-bond acceptors (Lipinski definition) is 6. The number of carbonyl (C=O) groups excluding carboxylic acids is 2. The summed E-state index contributed by atoms with van der Waals surface area (Å²) in [6.45, 7) is 4.67. The molecule has 0 saturated heterocycles. The molecule has 0 saturated carbocycles. The zero-order valence-corrected chi connectivity index (χ0v) is 14.7. The number of methoxy groups -OCH3 is 1. The van der Waals surface area contributed by atoms with Crippen LogP contribution in [0.2, 0.25) is 0 Å². The molecule has 0 aliphatic rings. The molecule has 1 aromatic heterocycles. The quantitative estimate of drug-likeness (QED) is 0.659. The van der Waals surface area contributed by atoms with Gasteiger partial charge >= 0.3 is 12.1 Å². The Bertz CT molecular complexity index is 627. The third-order valence-corrected chi connectivity index (χ3v) is 2.83. The lowest BCUT2D eigenvalue weighted by Gasteiger charge is -2.20. The van der Waals surface area contributed by atoms with Crippen LogP contribution in [0.25, 0.3) is 0 Å². The molecule has 2 amide bonds. The Kier molecular flexibility index (Phi) is 7.16. The van der Waals surface area contributed by atoms with Gasteiger partial charge in [0.15, 0.2) is 0 Å². The van der Waals surface area contributed by atoms with Gasteiger partial charge in [0.25, 0.3) is 0 Å². The van der Waals surface area contributed by atoms with Crippen molar-refractivity contribution in [3.8, 4) is 5.88 Å². The van der Waals surface area contributed by atoms with Crippen LogP contribution in [0.15, 0.2) is 18.2 Å². The predicted octanol–water partition coefficient (Wildman–Crippen LogP) is 0.727. The summed E-state index contributed by atoms with van der Waals surface area (Å²) in [7, 11) is 1.45. The zero-order valence-electron chi connectivity index (χ0n) is 14.7. The number of nitrogens with one attached hydrogen (secondary N) is 2. The molecule has 0 fully saturated rings. The molecule has 0 aliphatic heterocycles. The highest BCUT2D eigenvalue weighted by Gasteiger charge is 2.22. The molecular formula is C16H23N3O6. The van der Waals surface area contributed by atoms with Crippen molar-refractivity contribution in [2.45, 2.75) is 38.8 Å². The van der Waals surface area contributed by atoms with E-state index >= 15 is 0 Å². The highest BCUT2D eigenvalue weighted by molar-refractivity contribution is 5.86. The highest BCUT2D eigenvalue weighted by Crippen LogP contribution is 2.09. The summed E-state index contributed by atoms with van der Waals surface area (Å²) in [4.78, 5) is 38.8. The van der Waals surface area contributed by atoms with Crippen LogP contribution in [0.3, 0.4) is 0 Å². The third-order valence-electron chi connectivity index (χ3n) is 2.83. The van der Waals surface area contributed by atoms with E-state index in [0.717, 1.165) is 0 Å². The minimum absolute atomic E-state index is 0.0231. The van der Waals surface area contributed by atoms with Gasteiger partial charge in [0.2, 0.25) is 11.8 Å².